The van der Waals surface area contributed by atoms with Gasteiger partial charge in [0.2, 0.25) is 0 Å². The smallest absolute Gasteiger partial charge is 0.123 e. The summed E-state index contributed by atoms with van der Waals surface area (Å²) in [6.45, 7) is 0. The summed E-state index contributed by atoms with van der Waals surface area (Å²) in [4.78, 5) is 0. The Kier molecular flexibility index (Phi) is 4.11. The molecule has 110 valence electrons. The summed E-state index contributed by atoms with van der Waals surface area (Å²) >= 11 is 0. The van der Waals surface area contributed by atoms with E-state index in [9.17, 15) is 9.50 Å². The van der Waals surface area contributed by atoms with Gasteiger partial charge in [-0.3, -0.25) is 0 Å². The largest absolute Gasteiger partial charge is 0.385 e. The quantitative estimate of drug-likeness (QED) is 0.824. The van der Waals surface area contributed by atoms with Crippen LogP contribution in [0.2, 0.25) is 0 Å². The second kappa shape index (κ2) is 5.85. The van der Waals surface area contributed by atoms with Gasteiger partial charge >= 0.3 is 0 Å². The van der Waals surface area contributed by atoms with Crippen LogP contribution in [-0.4, -0.2) is 5.11 Å². The summed E-state index contributed by atoms with van der Waals surface area (Å²) in [5, 5.41) is 11.3. The predicted octanol–water partition coefficient (Wildman–Crippen LogP) is 4.78. The van der Waals surface area contributed by atoms with Gasteiger partial charge in [-0.1, -0.05) is 57.1 Å². The molecule has 1 nitrogen and oxygen atoms in total. The minimum atomic E-state index is -0.803. The highest BCUT2D eigenvalue weighted by atomic mass is 19.1. The lowest BCUT2D eigenvalue weighted by Crippen LogP contribution is -2.42. The Labute approximate surface area is 121 Å². The van der Waals surface area contributed by atoms with Crippen molar-refractivity contribution >= 4 is 0 Å². The fourth-order valence-electron chi connectivity index (χ4n) is 4.46. The van der Waals surface area contributed by atoms with Gasteiger partial charge in [0.15, 0.2) is 0 Å². The first-order chi connectivity index (χ1) is 9.70. The van der Waals surface area contributed by atoms with Gasteiger partial charge in [0.25, 0.3) is 0 Å². The normalized spacial score (nSPS) is 32.2. The molecule has 0 spiro atoms. The van der Waals surface area contributed by atoms with Crippen LogP contribution in [0.4, 0.5) is 4.39 Å². The monoisotopic (exact) mass is 276 g/mol. The average Bonchev–Trinajstić information content (AvgIpc) is 2.49. The molecule has 2 fully saturated rings. The molecule has 2 saturated carbocycles. The minimum Gasteiger partial charge on any atom is -0.385 e. The number of aliphatic hydroxyl groups is 1. The van der Waals surface area contributed by atoms with Crippen LogP contribution in [0.15, 0.2) is 24.3 Å². The molecule has 0 saturated heterocycles. The second-order valence-corrected chi connectivity index (χ2v) is 6.68. The third-order valence-corrected chi connectivity index (χ3v) is 5.48. The highest BCUT2D eigenvalue weighted by Gasteiger charge is 2.44. The van der Waals surface area contributed by atoms with E-state index < -0.39 is 5.60 Å². The van der Waals surface area contributed by atoms with Gasteiger partial charge in [-0.25, -0.2) is 4.39 Å². The average molecular weight is 276 g/mol. The van der Waals surface area contributed by atoms with E-state index in [0.29, 0.717) is 11.8 Å². The molecule has 2 heteroatoms. The van der Waals surface area contributed by atoms with E-state index >= 15 is 0 Å². The standard InChI is InChI=1S/C18H25FO/c19-16-10-6-9-15(13-16)18(20)12-5-4-11-17(18)14-7-2-1-3-8-14/h6,9-10,13-14,17,20H,1-5,7-8,11-12H2. The van der Waals surface area contributed by atoms with Crippen LogP contribution in [0.3, 0.4) is 0 Å². The first-order valence-corrected chi connectivity index (χ1v) is 8.18. The van der Waals surface area contributed by atoms with Gasteiger partial charge in [0.1, 0.15) is 5.82 Å². The molecule has 0 amide bonds. The molecule has 0 bridgehead atoms. The van der Waals surface area contributed by atoms with Crippen LogP contribution in [0.5, 0.6) is 0 Å². The molecular weight excluding hydrogens is 251 g/mol. The van der Waals surface area contributed by atoms with Gasteiger partial charge in [-0.05, 0) is 42.4 Å². The van der Waals surface area contributed by atoms with Crippen LogP contribution in [0, 0.1) is 17.7 Å². The maximum absolute atomic E-state index is 13.6. The Morgan fingerprint density at radius 2 is 1.75 bits per heavy atom. The van der Waals surface area contributed by atoms with Crippen molar-refractivity contribution in [3.05, 3.63) is 35.6 Å². The van der Waals surface area contributed by atoms with E-state index in [1.807, 2.05) is 6.07 Å². The summed E-state index contributed by atoms with van der Waals surface area (Å²) in [5.41, 5.74) is -0.00435. The van der Waals surface area contributed by atoms with Gasteiger partial charge in [-0.2, -0.15) is 0 Å². The highest BCUT2D eigenvalue weighted by molar-refractivity contribution is 5.25. The fourth-order valence-corrected chi connectivity index (χ4v) is 4.46. The highest BCUT2D eigenvalue weighted by Crippen LogP contribution is 2.48. The summed E-state index contributed by atoms with van der Waals surface area (Å²) in [6.07, 6.45) is 10.5. The van der Waals surface area contributed by atoms with Crippen LogP contribution < -0.4 is 0 Å². The molecule has 2 unspecified atom stereocenters. The van der Waals surface area contributed by atoms with E-state index in [2.05, 4.69) is 0 Å². The van der Waals surface area contributed by atoms with E-state index in [0.717, 1.165) is 24.8 Å². The summed E-state index contributed by atoms with van der Waals surface area (Å²) in [5.74, 6) is 0.708. The maximum Gasteiger partial charge on any atom is 0.123 e. The predicted molar refractivity (Wildman–Crippen MR) is 78.8 cm³/mol. The van der Waals surface area contributed by atoms with Crippen LogP contribution in [0.1, 0.15) is 63.4 Å². The van der Waals surface area contributed by atoms with Crippen molar-refractivity contribution in [2.45, 2.75) is 63.4 Å². The third-order valence-electron chi connectivity index (χ3n) is 5.48. The molecule has 2 aliphatic carbocycles. The van der Waals surface area contributed by atoms with Crippen LogP contribution in [0.25, 0.3) is 0 Å². The molecule has 1 aromatic carbocycles. The summed E-state index contributed by atoms with van der Waals surface area (Å²) in [7, 11) is 0. The van der Waals surface area contributed by atoms with Crippen molar-refractivity contribution in [3.63, 3.8) is 0 Å². The van der Waals surface area contributed by atoms with Crippen molar-refractivity contribution in [2.24, 2.45) is 11.8 Å². The number of rotatable bonds is 2. The summed E-state index contributed by atoms with van der Waals surface area (Å²) in [6, 6.07) is 6.64. The lowest BCUT2D eigenvalue weighted by atomic mass is 9.63. The van der Waals surface area contributed by atoms with Crippen molar-refractivity contribution in [3.8, 4) is 0 Å². The first-order valence-electron chi connectivity index (χ1n) is 8.18. The van der Waals surface area contributed by atoms with Crippen molar-refractivity contribution < 1.29 is 9.50 Å². The second-order valence-electron chi connectivity index (χ2n) is 6.68. The molecule has 2 aliphatic rings. The molecule has 2 atom stereocenters. The fraction of sp³-hybridized carbons (Fsp3) is 0.667. The van der Waals surface area contributed by atoms with E-state index in [1.54, 1.807) is 12.1 Å². The van der Waals surface area contributed by atoms with E-state index in [-0.39, 0.29) is 5.82 Å². The van der Waals surface area contributed by atoms with Gasteiger partial charge < -0.3 is 5.11 Å². The van der Waals surface area contributed by atoms with Crippen molar-refractivity contribution in [1.29, 1.82) is 0 Å². The number of hydrogen-bond acceptors (Lipinski definition) is 1. The van der Waals surface area contributed by atoms with E-state index in [4.69, 9.17) is 0 Å². The Morgan fingerprint density at radius 1 is 1.00 bits per heavy atom. The Morgan fingerprint density at radius 3 is 2.50 bits per heavy atom. The molecule has 0 aromatic heterocycles. The molecule has 0 heterocycles. The molecule has 1 aromatic rings. The number of benzene rings is 1. The maximum atomic E-state index is 13.6. The zero-order valence-corrected chi connectivity index (χ0v) is 12.2. The van der Waals surface area contributed by atoms with Crippen molar-refractivity contribution in [2.75, 3.05) is 0 Å². The Bertz CT molecular complexity index is 452. The Balaban J connectivity index is 1.90. The molecule has 3 rings (SSSR count). The Hall–Kier alpha value is -0.890. The lowest BCUT2D eigenvalue weighted by Gasteiger charge is -2.45. The van der Waals surface area contributed by atoms with Crippen LogP contribution >= 0.6 is 0 Å². The van der Waals surface area contributed by atoms with E-state index in [1.165, 1.54) is 44.6 Å². The molecule has 20 heavy (non-hydrogen) atoms. The zero-order chi connectivity index (χ0) is 14.0. The number of hydrogen-bond donors (Lipinski definition) is 1. The van der Waals surface area contributed by atoms with Crippen molar-refractivity contribution in [1.82, 2.24) is 0 Å². The van der Waals surface area contributed by atoms with Gasteiger partial charge in [0, 0.05) is 0 Å². The first kappa shape index (κ1) is 14.1. The number of halogens is 1. The van der Waals surface area contributed by atoms with Gasteiger partial charge in [0.05, 0.1) is 5.60 Å². The molecule has 0 aliphatic heterocycles. The third kappa shape index (κ3) is 2.63. The zero-order valence-electron chi connectivity index (χ0n) is 12.2. The van der Waals surface area contributed by atoms with Crippen LogP contribution in [-0.2, 0) is 5.60 Å². The topological polar surface area (TPSA) is 20.2 Å². The molecule has 1 N–H and O–H groups in total. The molecular formula is C18H25FO. The minimum absolute atomic E-state index is 0.233. The SMILES string of the molecule is OC1(c2cccc(F)c2)CCCCC1C1CCCCC1. The lowest BCUT2D eigenvalue weighted by molar-refractivity contribution is -0.0836. The molecule has 0 radical (unpaired) electrons. The summed E-state index contributed by atoms with van der Waals surface area (Å²) < 4.78 is 13.6. The van der Waals surface area contributed by atoms with Gasteiger partial charge in [-0.15, -0.1) is 0 Å².